The summed E-state index contributed by atoms with van der Waals surface area (Å²) in [4.78, 5) is 8.54. The Bertz CT molecular complexity index is 612. The van der Waals surface area contributed by atoms with Crippen LogP contribution in [-0.4, -0.2) is 31.2 Å². The number of benzene rings is 1. The molecule has 2 heterocycles. The summed E-state index contributed by atoms with van der Waals surface area (Å²) in [5, 5.41) is 0. The molecule has 0 bridgehead atoms. The average Bonchev–Trinajstić information content (AvgIpc) is 2.55. The SMILES string of the molecule is Fc1ccccc1N1CCN(c2cnccc2CCl)CC1. The Morgan fingerprint density at radius 3 is 2.33 bits per heavy atom. The fourth-order valence-electron chi connectivity index (χ4n) is 2.71. The number of para-hydroxylation sites is 1. The van der Waals surface area contributed by atoms with Crippen molar-refractivity contribution in [1.82, 2.24) is 4.98 Å². The van der Waals surface area contributed by atoms with Crippen molar-refractivity contribution >= 4 is 23.0 Å². The number of hydrogen-bond donors (Lipinski definition) is 0. The lowest BCUT2D eigenvalue weighted by Crippen LogP contribution is -2.47. The predicted molar refractivity (Wildman–Crippen MR) is 84.6 cm³/mol. The Morgan fingerprint density at radius 2 is 1.67 bits per heavy atom. The summed E-state index contributed by atoms with van der Waals surface area (Å²) in [5.41, 5.74) is 2.85. The van der Waals surface area contributed by atoms with Crippen molar-refractivity contribution in [1.29, 1.82) is 0 Å². The first-order valence-electron chi connectivity index (χ1n) is 7.03. The highest BCUT2D eigenvalue weighted by atomic mass is 35.5. The molecule has 3 rings (SSSR count). The molecule has 2 aromatic rings. The third-order valence-electron chi connectivity index (χ3n) is 3.85. The van der Waals surface area contributed by atoms with Crippen molar-refractivity contribution in [3.8, 4) is 0 Å². The van der Waals surface area contributed by atoms with Crippen molar-refractivity contribution in [3.05, 3.63) is 54.1 Å². The van der Waals surface area contributed by atoms with E-state index in [2.05, 4.69) is 14.8 Å². The number of alkyl halides is 1. The molecule has 1 aliphatic heterocycles. The van der Waals surface area contributed by atoms with E-state index in [0.29, 0.717) is 11.6 Å². The average molecular weight is 306 g/mol. The molecule has 0 amide bonds. The predicted octanol–water partition coefficient (Wildman–Crippen LogP) is 3.29. The zero-order valence-electron chi connectivity index (χ0n) is 11.7. The molecule has 21 heavy (non-hydrogen) atoms. The topological polar surface area (TPSA) is 19.4 Å². The lowest BCUT2D eigenvalue weighted by atomic mass is 10.2. The van der Waals surface area contributed by atoms with Crippen LogP contribution in [0.4, 0.5) is 15.8 Å². The van der Waals surface area contributed by atoms with Crippen LogP contribution >= 0.6 is 11.6 Å². The monoisotopic (exact) mass is 305 g/mol. The van der Waals surface area contributed by atoms with E-state index >= 15 is 0 Å². The fourth-order valence-corrected chi connectivity index (χ4v) is 2.94. The fraction of sp³-hybridized carbons (Fsp3) is 0.312. The summed E-state index contributed by atoms with van der Waals surface area (Å²) >= 11 is 5.98. The Balaban J connectivity index is 1.72. The number of aromatic nitrogens is 1. The highest BCUT2D eigenvalue weighted by Gasteiger charge is 2.20. The standard InChI is InChI=1S/C16H17ClFN3/c17-11-13-5-6-19-12-16(13)21-9-7-20(8-10-21)15-4-2-1-3-14(15)18/h1-6,12H,7-11H2. The Kier molecular flexibility index (Phi) is 4.25. The van der Waals surface area contributed by atoms with Crippen molar-refractivity contribution in [2.45, 2.75) is 5.88 Å². The van der Waals surface area contributed by atoms with Gasteiger partial charge < -0.3 is 9.80 Å². The molecule has 0 spiro atoms. The van der Waals surface area contributed by atoms with Gasteiger partial charge in [-0.1, -0.05) is 12.1 Å². The second-order valence-electron chi connectivity index (χ2n) is 5.06. The molecule has 0 atom stereocenters. The minimum Gasteiger partial charge on any atom is -0.366 e. The molecule has 0 radical (unpaired) electrons. The molecule has 1 fully saturated rings. The van der Waals surface area contributed by atoms with Gasteiger partial charge in [-0.05, 0) is 23.8 Å². The number of anilines is 2. The van der Waals surface area contributed by atoms with E-state index in [9.17, 15) is 4.39 Å². The van der Waals surface area contributed by atoms with E-state index in [1.165, 1.54) is 6.07 Å². The normalized spacial score (nSPS) is 15.3. The summed E-state index contributed by atoms with van der Waals surface area (Å²) in [5.74, 6) is 0.319. The third-order valence-corrected chi connectivity index (χ3v) is 4.13. The maximum atomic E-state index is 13.8. The number of halogens is 2. The van der Waals surface area contributed by atoms with Crippen molar-refractivity contribution in [2.24, 2.45) is 0 Å². The van der Waals surface area contributed by atoms with E-state index in [1.807, 2.05) is 24.4 Å². The largest absolute Gasteiger partial charge is 0.366 e. The van der Waals surface area contributed by atoms with E-state index in [0.717, 1.165) is 37.4 Å². The van der Waals surface area contributed by atoms with Crippen LogP contribution < -0.4 is 9.80 Å². The quantitative estimate of drug-likeness (QED) is 0.811. The van der Waals surface area contributed by atoms with E-state index in [4.69, 9.17) is 11.6 Å². The van der Waals surface area contributed by atoms with Crippen LogP contribution in [0.15, 0.2) is 42.7 Å². The van der Waals surface area contributed by atoms with Crippen LogP contribution in [-0.2, 0) is 5.88 Å². The van der Waals surface area contributed by atoms with Gasteiger partial charge in [0.25, 0.3) is 0 Å². The summed E-state index contributed by atoms with van der Waals surface area (Å²) in [6, 6.07) is 8.88. The highest BCUT2D eigenvalue weighted by Crippen LogP contribution is 2.25. The van der Waals surface area contributed by atoms with Gasteiger partial charge in [-0.2, -0.15) is 0 Å². The minimum absolute atomic E-state index is 0.159. The highest BCUT2D eigenvalue weighted by molar-refractivity contribution is 6.17. The summed E-state index contributed by atoms with van der Waals surface area (Å²) in [7, 11) is 0. The Morgan fingerprint density at radius 1 is 1.00 bits per heavy atom. The molecule has 110 valence electrons. The maximum Gasteiger partial charge on any atom is 0.146 e. The van der Waals surface area contributed by atoms with E-state index < -0.39 is 0 Å². The van der Waals surface area contributed by atoms with E-state index in [-0.39, 0.29) is 5.82 Å². The van der Waals surface area contributed by atoms with Gasteiger partial charge >= 0.3 is 0 Å². The van der Waals surface area contributed by atoms with E-state index in [1.54, 1.807) is 12.3 Å². The van der Waals surface area contributed by atoms with Crippen molar-refractivity contribution in [3.63, 3.8) is 0 Å². The molecular weight excluding hydrogens is 289 g/mol. The first kappa shape index (κ1) is 14.1. The smallest absolute Gasteiger partial charge is 0.146 e. The summed E-state index contributed by atoms with van der Waals surface area (Å²) in [6.07, 6.45) is 3.62. The van der Waals surface area contributed by atoms with Crippen LogP contribution in [0.2, 0.25) is 0 Å². The summed E-state index contributed by atoms with van der Waals surface area (Å²) < 4.78 is 13.8. The molecule has 0 aliphatic carbocycles. The molecule has 0 saturated carbocycles. The van der Waals surface area contributed by atoms with Gasteiger partial charge in [-0.3, -0.25) is 4.98 Å². The van der Waals surface area contributed by atoms with Crippen LogP contribution in [0.3, 0.4) is 0 Å². The molecule has 3 nitrogen and oxygen atoms in total. The van der Waals surface area contributed by atoms with Crippen molar-refractivity contribution < 1.29 is 4.39 Å². The third kappa shape index (κ3) is 2.95. The van der Waals surface area contributed by atoms with Crippen molar-refractivity contribution in [2.75, 3.05) is 36.0 Å². The molecule has 1 aliphatic rings. The number of rotatable bonds is 3. The van der Waals surface area contributed by atoms with Gasteiger partial charge in [0.15, 0.2) is 0 Å². The molecule has 0 N–H and O–H groups in total. The van der Waals surface area contributed by atoms with Gasteiger partial charge in [0.2, 0.25) is 0 Å². The van der Waals surface area contributed by atoms with Gasteiger partial charge in [0.1, 0.15) is 5.82 Å². The van der Waals surface area contributed by atoms with Crippen LogP contribution in [0, 0.1) is 5.82 Å². The molecular formula is C16H17ClFN3. The minimum atomic E-state index is -0.159. The van der Waals surface area contributed by atoms with Crippen LogP contribution in [0.5, 0.6) is 0 Å². The first-order valence-corrected chi connectivity index (χ1v) is 7.56. The zero-order valence-corrected chi connectivity index (χ0v) is 12.4. The van der Waals surface area contributed by atoms with Gasteiger partial charge in [0, 0.05) is 38.3 Å². The second-order valence-corrected chi connectivity index (χ2v) is 5.33. The van der Waals surface area contributed by atoms with Gasteiger partial charge in [0.05, 0.1) is 17.6 Å². The second kappa shape index (κ2) is 6.31. The molecule has 1 saturated heterocycles. The maximum absolute atomic E-state index is 13.8. The zero-order chi connectivity index (χ0) is 14.7. The lowest BCUT2D eigenvalue weighted by molar-refractivity contribution is 0.597. The number of pyridine rings is 1. The van der Waals surface area contributed by atoms with Crippen LogP contribution in [0.25, 0.3) is 0 Å². The molecule has 1 aromatic heterocycles. The lowest BCUT2D eigenvalue weighted by Gasteiger charge is -2.38. The first-order chi connectivity index (χ1) is 10.3. The number of hydrogen-bond acceptors (Lipinski definition) is 3. The number of piperazine rings is 1. The number of nitrogens with zero attached hydrogens (tertiary/aromatic N) is 3. The molecule has 1 aromatic carbocycles. The Labute approximate surface area is 129 Å². The van der Waals surface area contributed by atoms with Gasteiger partial charge in [-0.15, -0.1) is 11.6 Å². The van der Waals surface area contributed by atoms with Crippen LogP contribution in [0.1, 0.15) is 5.56 Å². The molecule has 5 heteroatoms. The summed E-state index contributed by atoms with van der Waals surface area (Å²) in [6.45, 7) is 3.25. The Hall–Kier alpha value is -1.81. The van der Waals surface area contributed by atoms with Gasteiger partial charge in [-0.25, -0.2) is 4.39 Å². The molecule has 0 unspecified atom stereocenters.